The van der Waals surface area contributed by atoms with Crippen molar-refractivity contribution in [3.63, 3.8) is 0 Å². The fourth-order valence-electron chi connectivity index (χ4n) is 5.32. The summed E-state index contributed by atoms with van der Waals surface area (Å²) in [5, 5.41) is 4.37. The quantitative estimate of drug-likeness (QED) is 0.328. The van der Waals surface area contributed by atoms with E-state index in [1.54, 1.807) is 6.26 Å². The molecule has 174 valence electrons. The Bertz CT molecular complexity index is 1380. The van der Waals surface area contributed by atoms with Gasteiger partial charge in [-0.2, -0.15) is 0 Å². The number of nitrogens with zero attached hydrogens (tertiary/aromatic N) is 1. The van der Waals surface area contributed by atoms with E-state index in [9.17, 15) is 4.79 Å². The van der Waals surface area contributed by atoms with Crippen molar-refractivity contribution in [1.82, 2.24) is 0 Å². The molecule has 0 spiro atoms. The average Bonchev–Trinajstić information content (AvgIpc) is 3.38. The fourth-order valence-corrected chi connectivity index (χ4v) is 5.45. The van der Waals surface area contributed by atoms with Gasteiger partial charge in [0.15, 0.2) is 5.78 Å². The molecule has 4 aromatic rings. The van der Waals surface area contributed by atoms with Crippen molar-refractivity contribution in [1.29, 1.82) is 0 Å². The molecular formula is C30H25ClN2O2. The van der Waals surface area contributed by atoms with Crippen molar-refractivity contribution in [2.45, 2.75) is 31.3 Å². The van der Waals surface area contributed by atoms with E-state index < -0.39 is 0 Å². The predicted molar refractivity (Wildman–Crippen MR) is 140 cm³/mol. The average molecular weight is 481 g/mol. The Balaban J connectivity index is 1.52. The Morgan fingerprint density at radius 2 is 1.66 bits per heavy atom. The number of para-hydroxylation sites is 2. The molecule has 5 heteroatoms. The highest BCUT2D eigenvalue weighted by atomic mass is 35.5. The number of anilines is 2. The number of halogens is 1. The molecule has 1 aliphatic carbocycles. The molecule has 0 unspecified atom stereocenters. The van der Waals surface area contributed by atoms with Gasteiger partial charge >= 0.3 is 0 Å². The molecule has 6 rings (SSSR count). The second-order valence-corrected chi connectivity index (χ2v) is 9.58. The van der Waals surface area contributed by atoms with Crippen LogP contribution in [-0.4, -0.2) is 5.78 Å². The van der Waals surface area contributed by atoms with E-state index >= 15 is 0 Å². The molecule has 0 amide bonds. The van der Waals surface area contributed by atoms with Crippen LogP contribution >= 0.6 is 11.6 Å². The van der Waals surface area contributed by atoms with Crippen LogP contribution in [-0.2, 0) is 11.3 Å². The highest BCUT2D eigenvalue weighted by Crippen LogP contribution is 2.47. The minimum absolute atomic E-state index is 0.0233. The molecule has 1 N–H and O–H groups in total. The maximum absolute atomic E-state index is 13.9. The van der Waals surface area contributed by atoms with Crippen LogP contribution in [0.15, 0.2) is 113 Å². The molecule has 4 nitrogen and oxygen atoms in total. The van der Waals surface area contributed by atoms with Crippen LogP contribution in [0.3, 0.4) is 0 Å². The Morgan fingerprint density at radius 3 is 2.43 bits per heavy atom. The largest absolute Gasteiger partial charge is 0.469 e. The van der Waals surface area contributed by atoms with E-state index in [1.165, 1.54) is 0 Å². The molecule has 1 aliphatic heterocycles. The minimum Gasteiger partial charge on any atom is -0.469 e. The van der Waals surface area contributed by atoms with Crippen LogP contribution in [0.5, 0.6) is 0 Å². The first-order chi connectivity index (χ1) is 17.2. The molecule has 2 atom stereocenters. The number of allylic oxidation sites excluding steroid dienone is 1. The van der Waals surface area contributed by atoms with Crippen molar-refractivity contribution in [2.75, 3.05) is 10.2 Å². The van der Waals surface area contributed by atoms with Crippen LogP contribution in [0, 0.1) is 0 Å². The third-order valence-electron chi connectivity index (χ3n) is 6.92. The first kappa shape index (κ1) is 21.8. The van der Waals surface area contributed by atoms with Gasteiger partial charge in [0, 0.05) is 35.2 Å². The molecule has 0 saturated heterocycles. The van der Waals surface area contributed by atoms with Crippen molar-refractivity contribution >= 4 is 28.8 Å². The summed E-state index contributed by atoms with van der Waals surface area (Å²) in [4.78, 5) is 16.2. The lowest BCUT2D eigenvalue weighted by molar-refractivity contribution is -0.116. The van der Waals surface area contributed by atoms with Crippen LogP contribution in [0.1, 0.15) is 41.7 Å². The van der Waals surface area contributed by atoms with Crippen molar-refractivity contribution < 1.29 is 9.21 Å². The Kier molecular flexibility index (Phi) is 5.67. The van der Waals surface area contributed by atoms with Gasteiger partial charge in [-0.15, -0.1) is 0 Å². The zero-order valence-electron chi connectivity index (χ0n) is 19.2. The van der Waals surface area contributed by atoms with Gasteiger partial charge < -0.3 is 14.6 Å². The Labute approximate surface area is 209 Å². The smallest absolute Gasteiger partial charge is 0.163 e. The van der Waals surface area contributed by atoms with Crippen molar-refractivity contribution in [3.05, 3.63) is 130 Å². The van der Waals surface area contributed by atoms with Gasteiger partial charge in [0.05, 0.1) is 23.7 Å². The van der Waals surface area contributed by atoms with E-state index in [0.717, 1.165) is 46.0 Å². The molecular weight excluding hydrogens is 456 g/mol. The molecule has 2 aliphatic rings. The fraction of sp³-hybridized carbons (Fsp3) is 0.167. The second-order valence-electron chi connectivity index (χ2n) is 9.15. The minimum atomic E-state index is -0.219. The van der Waals surface area contributed by atoms with E-state index in [-0.39, 0.29) is 17.7 Å². The lowest BCUT2D eigenvalue weighted by Crippen LogP contribution is -2.34. The SMILES string of the molecule is O=C1C[C@@H](c2ccco2)CC2=C1[C@@H](c1ccccc1)N(Cc1ccc(Cl)cc1)c1ccccc1N2. The molecule has 0 fully saturated rings. The zero-order valence-corrected chi connectivity index (χ0v) is 19.9. The maximum atomic E-state index is 13.9. The number of ketones is 1. The number of nitrogens with one attached hydrogen (secondary N) is 1. The number of rotatable bonds is 4. The Hall–Kier alpha value is -3.76. The van der Waals surface area contributed by atoms with Gasteiger partial charge in [0.25, 0.3) is 0 Å². The second kappa shape index (κ2) is 9.12. The number of hydrogen-bond donors (Lipinski definition) is 1. The summed E-state index contributed by atoms with van der Waals surface area (Å²) >= 11 is 6.17. The first-order valence-corrected chi connectivity index (χ1v) is 12.3. The molecule has 0 saturated carbocycles. The summed E-state index contributed by atoms with van der Waals surface area (Å²) in [6, 6.07) is 30.2. The summed E-state index contributed by atoms with van der Waals surface area (Å²) in [6.45, 7) is 0.640. The Morgan fingerprint density at radius 1 is 0.886 bits per heavy atom. The van der Waals surface area contributed by atoms with Crippen LogP contribution in [0.4, 0.5) is 11.4 Å². The molecule has 2 heterocycles. The maximum Gasteiger partial charge on any atom is 0.163 e. The number of carbonyl (C=O) groups is 1. The molecule has 0 radical (unpaired) electrons. The number of carbonyl (C=O) groups excluding carboxylic acids is 1. The predicted octanol–water partition coefficient (Wildman–Crippen LogP) is 7.51. The van der Waals surface area contributed by atoms with Gasteiger partial charge in [-0.25, -0.2) is 0 Å². The van der Waals surface area contributed by atoms with Gasteiger partial charge in [0.1, 0.15) is 5.76 Å². The van der Waals surface area contributed by atoms with Gasteiger partial charge in [-0.3, -0.25) is 4.79 Å². The standard InChI is InChI=1S/C30H25ClN2O2/c31-23-14-12-20(13-15-23)19-33-26-10-5-4-9-24(26)32-25-17-22(28-11-6-16-35-28)18-27(34)29(25)30(33)21-7-2-1-3-8-21/h1-16,22,30,32H,17-19H2/t22-,30+/m0/s1. The third kappa shape index (κ3) is 4.15. The highest BCUT2D eigenvalue weighted by molar-refractivity contribution is 6.30. The van der Waals surface area contributed by atoms with E-state index in [1.807, 2.05) is 48.5 Å². The van der Waals surface area contributed by atoms with Crippen LogP contribution in [0.25, 0.3) is 0 Å². The molecule has 1 aromatic heterocycles. The number of fused-ring (bicyclic) bond motifs is 1. The van der Waals surface area contributed by atoms with E-state index in [0.29, 0.717) is 18.0 Å². The zero-order chi connectivity index (χ0) is 23.8. The summed E-state index contributed by atoms with van der Waals surface area (Å²) in [5.74, 6) is 1.04. The van der Waals surface area contributed by atoms with Crippen molar-refractivity contribution in [3.8, 4) is 0 Å². The lowest BCUT2D eigenvalue weighted by atomic mass is 9.80. The summed E-state index contributed by atoms with van der Waals surface area (Å²) in [5.41, 5.74) is 6.10. The summed E-state index contributed by atoms with van der Waals surface area (Å²) < 4.78 is 5.70. The summed E-state index contributed by atoms with van der Waals surface area (Å²) in [6.07, 6.45) is 2.84. The lowest BCUT2D eigenvalue weighted by Gasteiger charge is -2.36. The number of hydrogen-bond acceptors (Lipinski definition) is 4. The van der Waals surface area contributed by atoms with Gasteiger partial charge in [-0.05, 0) is 53.9 Å². The van der Waals surface area contributed by atoms with Crippen LogP contribution < -0.4 is 10.2 Å². The van der Waals surface area contributed by atoms with E-state index in [2.05, 4.69) is 52.7 Å². The molecule has 0 bridgehead atoms. The topological polar surface area (TPSA) is 45.5 Å². The number of Topliss-reactive ketones (excluding diaryl/α,β-unsaturated/α-hetero) is 1. The third-order valence-corrected chi connectivity index (χ3v) is 7.17. The van der Waals surface area contributed by atoms with Gasteiger partial charge in [-0.1, -0.05) is 66.2 Å². The van der Waals surface area contributed by atoms with E-state index in [4.69, 9.17) is 16.0 Å². The molecule has 3 aromatic carbocycles. The van der Waals surface area contributed by atoms with Crippen LogP contribution in [0.2, 0.25) is 5.02 Å². The molecule has 35 heavy (non-hydrogen) atoms. The first-order valence-electron chi connectivity index (χ1n) is 11.9. The number of furan rings is 1. The van der Waals surface area contributed by atoms with Crippen molar-refractivity contribution in [2.24, 2.45) is 0 Å². The summed E-state index contributed by atoms with van der Waals surface area (Å²) in [7, 11) is 0. The monoisotopic (exact) mass is 480 g/mol. The highest BCUT2D eigenvalue weighted by Gasteiger charge is 2.40. The number of benzene rings is 3. The van der Waals surface area contributed by atoms with Gasteiger partial charge in [0.2, 0.25) is 0 Å². The normalized spacial score (nSPS) is 19.6.